The van der Waals surface area contributed by atoms with Gasteiger partial charge in [-0.15, -0.1) is 0 Å². The topological polar surface area (TPSA) is 253 Å². The van der Waals surface area contributed by atoms with Crippen molar-refractivity contribution in [3.8, 4) is 0 Å². The highest BCUT2D eigenvalue weighted by Gasteiger charge is 2.13. The Bertz CT molecular complexity index is 349. The van der Waals surface area contributed by atoms with Crippen molar-refractivity contribution in [2.75, 3.05) is 13.2 Å². The Hall–Kier alpha value is -2.28. The number of aliphatic hydroxyl groups excluding tert-OH is 1. The molecule has 2 atom stereocenters. The quantitative estimate of drug-likeness (QED) is 0.232. The summed E-state index contributed by atoms with van der Waals surface area (Å²) in [5, 5.41) is 31.6. The molecule has 0 rings (SSSR count). The lowest BCUT2D eigenvalue weighted by Crippen LogP contribution is -2.34. The average molecular weight is 312 g/mol. The summed E-state index contributed by atoms with van der Waals surface area (Å²) in [6.07, 6.45) is -0.310. The van der Waals surface area contributed by atoms with Crippen LogP contribution in [0.15, 0.2) is 0 Å². The number of aliphatic hydroxyl groups is 1. The summed E-state index contributed by atoms with van der Waals surface area (Å²) < 4.78 is 0. The molecule has 12 heteroatoms. The van der Waals surface area contributed by atoms with Crippen LogP contribution in [0.4, 0.5) is 0 Å². The molecule has 21 heavy (non-hydrogen) atoms. The van der Waals surface area contributed by atoms with Gasteiger partial charge >= 0.3 is 17.9 Å². The maximum absolute atomic E-state index is 9.99. The van der Waals surface area contributed by atoms with Gasteiger partial charge in [-0.3, -0.25) is 19.2 Å². The van der Waals surface area contributed by atoms with Crippen LogP contribution in [-0.4, -0.2) is 69.5 Å². The summed E-state index contributed by atoms with van der Waals surface area (Å²) in [7, 11) is 0. The molecule has 0 aromatic rings. The number of carbonyl (C=O) groups is 4. The molecule has 0 heterocycles. The number of hydrogen-bond acceptors (Lipinski definition) is 8. The van der Waals surface area contributed by atoms with E-state index in [1.807, 2.05) is 0 Å². The van der Waals surface area contributed by atoms with Crippen molar-refractivity contribution in [1.29, 1.82) is 0 Å². The van der Waals surface area contributed by atoms with Crippen LogP contribution >= 0.6 is 0 Å². The fraction of sp³-hybridized carbons (Fsp3) is 0.556. The number of carboxylic acid groups (broad SMARTS) is 3. The van der Waals surface area contributed by atoms with Gasteiger partial charge < -0.3 is 43.4 Å². The van der Waals surface area contributed by atoms with Crippen LogP contribution in [-0.2, 0) is 19.2 Å². The summed E-state index contributed by atoms with van der Waals surface area (Å²) in [5.41, 5.74) is 18.9. The van der Waals surface area contributed by atoms with Crippen LogP contribution in [0.25, 0.3) is 0 Å². The van der Waals surface area contributed by atoms with E-state index in [4.69, 9.17) is 31.9 Å². The maximum atomic E-state index is 9.99. The maximum Gasteiger partial charge on any atom is 0.322 e. The van der Waals surface area contributed by atoms with Crippen LogP contribution in [0.1, 0.15) is 6.42 Å². The lowest BCUT2D eigenvalue weighted by atomic mass is 10.2. The van der Waals surface area contributed by atoms with Crippen molar-refractivity contribution in [3.05, 3.63) is 0 Å². The molecule has 0 saturated heterocycles. The molecule has 0 saturated carbocycles. The van der Waals surface area contributed by atoms with Crippen LogP contribution in [0, 0.1) is 0 Å². The first-order valence-corrected chi connectivity index (χ1v) is 5.27. The van der Waals surface area contributed by atoms with E-state index in [2.05, 4.69) is 11.5 Å². The molecule has 0 aliphatic rings. The number of hydrogen-bond donors (Lipinski definition) is 8. The molecule has 12 N–H and O–H groups in total. The lowest BCUT2D eigenvalue weighted by molar-refractivity contribution is -0.140. The molecule has 124 valence electrons. The number of amides is 1. The predicted octanol–water partition coefficient (Wildman–Crippen LogP) is -4.31. The Morgan fingerprint density at radius 3 is 1.29 bits per heavy atom. The molecule has 0 aliphatic carbocycles. The van der Waals surface area contributed by atoms with Crippen molar-refractivity contribution in [1.82, 2.24) is 0 Å². The van der Waals surface area contributed by atoms with Gasteiger partial charge in [0.1, 0.15) is 12.1 Å². The van der Waals surface area contributed by atoms with E-state index >= 15 is 0 Å². The van der Waals surface area contributed by atoms with Crippen molar-refractivity contribution in [2.45, 2.75) is 18.5 Å². The monoisotopic (exact) mass is 312 g/mol. The predicted molar refractivity (Wildman–Crippen MR) is 68.8 cm³/mol. The van der Waals surface area contributed by atoms with Gasteiger partial charge in [0.15, 0.2) is 0 Å². The molecule has 0 aromatic carbocycles. The van der Waals surface area contributed by atoms with E-state index in [0.717, 1.165) is 0 Å². The Morgan fingerprint density at radius 2 is 1.24 bits per heavy atom. The van der Waals surface area contributed by atoms with Gasteiger partial charge in [0.05, 0.1) is 19.6 Å². The molecule has 0 aliphatic heterocycles. The normalized spacial score (nSPS) is 11.6. The minimum atomic E-state index is -1.21. The summed E-state index contributed by atoms with van der Waals surface area (Å²) >= 11 is 0. The van der Waals surface area contributed by atoms with Gasteiger partial charge in [-0.1, -0.05) is 0 Å². The van der Waals surface area contributed by atoms with Gasteiger partial charge in [0.2, 0.25) is 5.91 Å². The van der Waals surface area contributed by atoms with Crippen LogP contribution in [0.2, 0.25) is 0 Å². The van der Waals surface area contributed by atoms with Crippen molar-refractivity contribution < 1.29 is 39.6 Å². The second kappa shape index (κ2) is 14.1. The largest absolute Gasteiger partial charge is 0.480 e. The Kier molecular flexibility index (Phi) is 16.0. The molecule has 0 bridgehead atoms. The van der Waals surface area contributed by atoms with Crippen LogP contribution < -0.4 is 22.9 Å². The third-order valence-corrected chi connectivity index (χ3v) is 1.43. The molecule has 1 amide bonds. The van der Waals surface area contributed by atoms with Crippen LogP contribution in [0.5, 0.6) is 0 Å². The number of carboxylic acids is 3. The highest BCUT2D eigenvalue weighted by molar-refractivity contribution is 5.83. The smallest absolute Gasteiger partial charge is 0.322 e. The Morgan fingerprint density at radius 1 is 0.905 bits per heavy atom. The van der Waals surface area contributed by atoms with E-state index < -0.39 is 42.5 Å². The number of carbonyl (C=O) groups excluding carboxylic acids is 1. The molecule has 2 unspecified atom stereocenters. The lowest BCUT2D eigenvalue weighted by Gasteiger charge is -1.99. The number of aliphatic carboxylic acids is 3. The number of primary amides is 1. The molecule has 0 spiro atoms. The molecule has 0 radical (unpaired) electrons. The van der Waals surface area contributed by atoms with E-state index in [1.54, 1.807) is 0 Å². The first-order chi connectivity index (χ1) is 9.49. The van der Waals surface area contributed by atoms with Crippen molar-refractivity contribution >= 4 is 23.8 Å². The Labute approximate surface area is 119 Å². The molecular weight excluding hydrogens is 292 g/mol. The highest BCUT2D eigenvalue weighted by Crippen LogP contribution is 1.84. The third-order valence-electron chi connectivity index (χ3n) is 1.43. The Balaban J connectivity index is -0.000000242. The summed E-state index contributed by atoms with van der Waals surface area (Å²) in [4.78, 5) is 38.8. The van der Waals surface area contributed by atoms with E-state index in [9.17, 15) is 19.2 Å². The van der Waals surface area contributed by atoms with E-state index in [1.165, 1.54) is 0 Å². The molecule has 12 nitrogen and oxygen atoms in total. The minimum absolute atomic E-state index is 0.278. The number of rotatable bonds is 6. The first kappa shape index (κ1) is 23.8. The average Bonchev–Trinajstić information content (AvgIpc) is 2.38. The standard InChI is InChI=1S/C4H8N2O3.C3H7NO3.C2H5NO2/c5-2(4(8)9)1-3(6)7;4-2(1-5)3(6)7;3-1-2(4)5/h2H,1,5H2,(H2,6,7)(H,8,9);2,5H,1,4H2,(H,6,7);1,3H2,(H,4,5). The van der Waals surface area contributed by atoms with Gasteiger partial charge in [0.25, 0.3) is 0 Å². The molecular formula is C9H20N4O8. The van der Waals surface area contributed by atoms with Gasteiger partial charge in [-0.2, -0.15) is 0 Å². The van der Waals surface area contributed by atoms with Crippen molar-refractivity contribution in [3.63, 3.8) is 0 Å². The second-order valence-corrected chi connectivity index (χ2v) is 3.34. The second-order valence-electron chi connectivity index (χ2n) is 3.34. The summed E-state index contributed by atoms with van der Waals surface area (Å²) in [6, 6.07) is -2.29. The SMILES string of the molecule is NC(=O)CC(N)C(=O)O.NC(CO)C(=O)O.NCC(=O)O. The fourth-order valence-electron chi connectivity index (χ4n) is 0.382. The van der Waals surface area contributed by atoms with Crippen molar-refractivity contribution in [2.24, 2.45) is 22.9 Å². The highest BCUT2D eigenvalue weighted by atomic mass is 16.4. The number of nitrogens with two attached hydrogens (primary N) is 4. The zero-order chi connectivity index (χ0) is 17.6. The summed E-state index contributed by atoms with van der Waals surface area (Å²) in [5.74, 6) is -4.06. The molecule has 0 fully saturated rings. The zero-order valence-electron chi connectivity index (χ0n) is 11.0. The summed E-state index contributed by atoms with van der Waals surface area (Å²) in [6.45, 7) is -0.782. The van der Waals surface area contributed by atoms with Crippen LogP contribution in [0.3, 0.4) is 0 Å². The van der Waals surface area contributed by atoms with Gasteiger partial charge in [0, 0.05) is 0 Å². The first-order valence-electron chi connectivity index (χ1n) is 5.27. The minimum Gasteiger partial charge on any atom is -0.480 e. The molecule has 0 aromatic heterocycles. The van der Waals surface area contributed by atoms with E-state index in [-0.39, 0.29) is 13.0 Å². The third kappa shape index (κ3) is 23.3. The zero-order valence-corrected chi connectivity index (χ0v) is 11.0. The van der Waals surface area contributed by atoms with E-state index in [0.29, 0.717) is 0 Å². The van der Waals surface area contributed by atoms with Gasteiger partial charge in [-0.25, -0.2) is 0 Å². The fourth-order valence-corrected chi connectivity index (χ4v) is 0.382. The van der Waals surface area contributed by atoms with Gasteiger partial charge in [-0.05, 0) is 0 Å².